The van der Waals surface area contributed by atoms with E-state index < -0.39 is 6.09 Å². The van der Waals surface area contributed by atoms with Gasteiger partial charge in [0.1, 0.15) is 5.75 Å². The van der Waals surface area contributed by atoms with Crippen LogP contribution in [-0.4, -0.2) is 18.3 Å². The summed E-state index contributed by atoms with van der Waals surface area (Å²) < 4.78 is 4.51. The molecule has 0 aliphatic heterocycles. The van der Waals surface area contributed by atoms with E-state index in [2.05, 4.69) is 15.4 Å². The summed E-state index contributed by atoms with van der Waals surface area (Å²) in [5.41, 5.74) is 2.20. The molecule has 21 heavy (non-hydrogen) atoms. The van der Waals surface area contributed by atoms with E-state index in [9.17, 15) is 9.90 Å². The molecule has 0 spiro atoms. The van der Waals surface area contributed by atoms with Gasteiger partial charge in [-0.05, 0) is 30.3 Å². The molecule has 0 unspecified atom stereocenters. The lowest BCUT2D eigenvalue weighted by Gasteiger charge is -2.10. The fourth-order valence-electron chi connectivity index (χ4n) is 1.74. The second-order valence-corrected chi connectivity index (χ2v) is 4.70. The molecule has 3 N–H and O–H groups in total. The highest BCUT2D eigenvalue weighted by atomic mass is 35.5. The summed E-state index contributed by atoms with van der Waals surface area (Å²) in [6.07, 6.45) is -0.514. The maximum atomic E-state index is 11.1. The third-order valence-electron chi connectivity index (χ3n) is 2.87. The van der Waals surface area contributed by atoms with Crippen LogP contribution in [0, 0.1) is 0 Å². The molecule has 0 saturated heterocycles. The van der Waals surface area contributed by atoms with Gasteiger partial charge in [-0.3, -0.25) is 5.32 Å². The smallest absolute Gasteiger partial charge is 0.411 e. The monoisotopic (exact) mass is 306 g/mol. The average molecular weight is 307 g/mol. The fourth-order valence-corrected chi connectivity index (χ4v) is 1.93. The molecular formula is C15H15ClN2O3. The Balaban J connectivity index is 1.97. The Hall–Kier alpha value is -2.40. The molecule has 0 saturated carbocycles. The van der Waals surface area contributed by atoms with Gasteiger partial charge < -0.3 is 15.2 Å². The number of hydrogen-bond acceptors (Lipinski definition) is 4. The van der Waals surface area contributed by atoms with Crippen LogP contribution < -0.4 is 10.6 Å². The number of hydrogen-bond donors (Lipinski definition) is 3. The minimum absolute atomic E-state index is 0.0793. The van der Waals surface area contributed by atoms with Crippen LogP contribution in [0.25, 0.3) is 0 Å². The van der Waals surface area contributed by atoms with Crippen LogP contribution in [0.1, 0.15) is 5.56 Å². The Morgan fingerprint density at radius 1 is 1.19 bits per heavy atom. The number of benzene rings is 2. The van der Waals surface area contributed by atoms with Crippen molar-refractivity contribution in [3.05, 3.63) is 53.1 Å². The number of halogens is 1. The predicted octanol–water partition coefficient (Wildman–Crippen LogP) is 3.84. The SMILES string of the molecule is COC(=O)Nc1ccc(NCc2cccc(Cl)c2O)cc1. The molecule has 1 amide bonds. The summed E-state index contributed by atoms with van der Waals surface area (Å²) >= 11 is 5.85. The van der Waals surface area contributed by atoms with Crippen molar-refractivity contribution in [3.63, 3.8) is 0 Å². The van der Waals surface area contributed by atoms with Gasteiger partial charge in [-0.2, -0.15) is 0 Å². The van der Waals surface area contributed by atoms with Crippen molar-refractivity contribution in [1.29, 1.82) is 0 Å². The van der Waals surface area contributed by atoms with E-state index in [1.165, 1.54) is 7.11 Å². The Kier molecular flexibility index (Phi) is 4.90. The molecule has 0 atom stereocenters. The van der Waals surface area contributed by atoms with E-state index in [-0.39, 0.29) is 5.75 Å². The average Bonchev–Trinajstić information content (AvgIpc) is 2.50. The fraction of sp³-hybridized carbons (Fsp3) is 0.133. The number of anilines is 2. The Labute approximate surface area is 127 Å². The third-order valence-corrected chi connectivity index (χ3v) is 3.18. The first-order valence-corrected chi connectivity index (χ1v) is 6.63. The van der Waals surface area contributed by atoms with Gasteiger partial charge in [-0.25, -0.2) is 4.79 Å². The highest BCUT2D eigenvalue weighted by molar-refractivity contribution is 6.32. The molecule has 0 bridgehead atoms. The van der Waals surface area contributed by atoms with Gasteiger partial charge in [0.05, 0.1) is 12.1 Å². The van der Waals surface area contributed by atoms with Crippen molar-refractivity contribution in [2.75, 3.05) is 17.7 Å². The quantitative estimate of drug-likeness (QED) is 0.802. The zero-order valence-electron chi connectivity index (χ0n) is 11.4. The van der Waals surface area contributed by atoms with Gasteiger partial charge in [0.25, 0.3) is 0 Å². The first-order valence-electron chi connectivity index (χ1n) is 6.25. The van der Waals surface area contributed by atoms with Crippen LogP contribution in [0.15, 0.2) is 42.5 Å². The van der Waals surface area contributed by atoms with Crippen molar-refractivity contribution in [2.45, 2.75) is 6.54 Å². The molecule has 0 heterocycles. The van der Waals surface area contributed by atoms with E-state index in [1.54, 1.807) is 30.3 Å². The number of ether oxygens (including phenoxy) is 1. The Morgan fingerprint density at radius 2 is 1.86 bits per heavy atom. The standard InChI is InChI=1S/C15H15ClN2O3/c1-21-15(20)18-12-7-5-11(6-8-12)17-9-10-3-2-4-13(16)14(10)19/h2-8,17,19H,9H2,1H3,(H,18,20). The predicted molar refractivity (Wildman–Crippen MR) is 82.9 cm³/mol. The topological polar surface area (TPSA) is 70.6 Å². The van der Waals surface area contributed by atoms with Gasteiger partial charge in [0.2, 0.25) is 0 Å². The summed E-state index contributed by atoms with van der Waals surface area (Å²) in [5, 5.41) is 15.9. The second-order valence-electron chi connectivity index (χ2n) is 4.30. The number of carbonyl (C=O) groups excluding carboxylic acids is 1. The summed E-state index contributed by atoms with van der Waals surface area (Å²) in [4.78, 5) is 11.1. The van der Waals surface area contributed by atoms with Crippen molar-refractivity contribution in [2.24, 2.45) is 0 Å². The number of methoxy groups -OCH3 is 1. The Bertz CT molecular complexity index is 629. The van der Waals surface area contributed by atoms with E-state index in [0.29, 0.717) is 22.8 Å². The number of phenolic OH excluding ortho intramolecular Hbond substituents is 1. The van der Waals surface area contributed by atoms with Crippen LogP contribution in [-0.2, 0) is 11.3 Å². The molecule has 110 valence electrons. The molecule has 6 heteroatoms. The lowest BCUT2D eigenvalue weighted by atomic mass is 10.2. The maximum absolute atomic E-state index is 11.1. The Morgan fingerprint density at radius 3 is 2.52 bits per heavy atom. The molecule has 2 aromatic carbocycles. The van der Waals surface area contributed by atoms with Crippen LogP contribution in [0.2, 0.25) is 5.02 Å². The summed E-state index contributed by atoms with van der Waals surface area (Å²) in [6.45, 7) is 0.441. The summed E-state index contributed by atoms with van der Waals surface area (Å²) in [6, 6.07) is 12.3. The number of carbonyl (C=O) groups is 1. The number of amides is 1. The van der Waals surface area contributed by atoms with Gasteiger partial charge in [0, 0.05) is 23.5 Å². The molecule has 2 aromatic rings. The number of rotatable bonds is 4. The molecule has 0 aromatic heterocycles. The zero-order valence-corrected chi connectivity index (χ0v) is 12.1. The van der Waals surface area contributed by atoms with E-state index >= 15 is 0 Å². The summed E-state index contributed by atoms with van der Waals surface area (Å²) in [7, 11) is 1.31. The van der Waals surface area contributed by atoms with Crippen molar-refractivity contribution in [3.8, 4) is 5.75 Å². The van der Waals surface area contributed by atoms with Gasteiger partial charge in [-0.15, -0.1) is 0 Å². The number of aromatic hydroxyl groups is 1. The van der Waals surface area contributed by atoms with Gasteiger partial charge >= 0.3 is 6.09 Å². The minimum Gasteiger partial charge on any atom is -0.506 e. The second kappa shape index (κ2) is 6.85. The van der Waals surface area contributed by atoms with Gasteiger partial charge in [0.15, 0.2) is 0 Å². The number of phenols is 1. The molecule has 0 aliphatic rings. The van der Waals surface area contributed by atoms with E-state index in [0.717, 1.165) is 5.69 Å². The van der Waals surface area contributed by atoms with Crippen molar-refractivity contribution < 1.29 is 14.6 Å². The zero-order chi connectivity index (χ0) is 15.2. The minimum atomic E-state index is -0.514. The van der Waals surface area contributed by atoms with Crippen LogP contribution in [0.4, 0.5) is 16.2 Å². The summed E-state index contributed by atoms with van der Waals surface area (Å²) in [5.74, 6) is 0.0793. The molecule has 5 nitrogen and oxygen atoms in total. The number of nitrogens with one attached hydrogen (secondary N) is 2. The maximum Gasteiger partial charge on any atom is 0.411 e. The molecular weight excluding hydrogens is 292 g/mol. The van der Waals surface area contributed by atoms with Crippen LogP contribution in [0.3, 0.4) is 0 Å². The highest BCUT2D eigenvalue weighted by Crippen LogP contribution is 2.27. The van der Waals surface area contributed by atoms with Crippen molar-refractivity contribution in [1.82, 2.24) is 0 Å². The number of para-hydroxylation sites is 1. The van der Waals surface area contributed by atoms with Gasteiger partial charge in [-0.1, -0.05) is 23.7 Å². The highest BCUT2D eigenvalue weighted by Gasteiger charge is 2.05. The first-order chi connectivity index (χ1) is 10.1. The lowest BCUT2D eigenvalue weighted by molar-refractivity contribution is 0.187. The molecule has 0 radical (unpaired) electrons. The molecule has 0 fully saturated rings. The van der Waals surface area contributed by atoms with Crippen LogP contribution >= 0.6 is 11.6 Å². The van der Waals surface area contributed by atoms with E-state index in [1.807, 2.05) is 12.1 Å². The molecule has 2 rings (SSSR count). The van der Waals surface area contributed by atoms with Crippen molar-refractivity contribution >= 4 is 29.1 Å². The molecule has 0 aliphatic carbocycles. The first kappa shape index (κ1) is 15.0. The van der Waals surface area contributed by atoms with Crippen LogP contribution in [0.5, 0.6) is 5.75 Å². The largest absolute Gasteiger partial charge is 0.506 e. The van der Waals surface area contributed by atoms with E-state index in [4.69, 9.17) is 11.6 Å². The third kappa shape index (κ3) is 4.03. The lowest BCUT2D eigenvalue weighted by Crippen LogP contribution is -2.10. The normalized spacial score (nSPS) is 10.0.